The summed E-state index contributed by atoms with van der Waals surface area (Å²) in [4.78, 5) is 0. The summed E-state index contributed by atoms with van der Waals surface area (Å²) in [7, 11) is 4.27. The topological polar surface area (TPSA) is 55.4 Å². The van der Waals surface area contributed by atoms with Crippen molar-refractivity contribution in [3.05, 3.63) is 42.5 Å². The van der Waals surface area contributed by atoms with Gasteiger partial charge in [0.2, 0.25) is 0 Å². The summed E-state index contributed by atoms with van der Waals surface area (Å²) in [6.45, 7) is 0. The van der Waals surface area contributed by atoms with Gasteiger partial charge in [0.1, 0.15) is 0 Å². The maximum Gasteiger partial charge on any atom is -0.147 e. The van der Waals surface area contributed by atoms with Crippen molar-refractivity contribution in [2.45, 2.75) is 12.8 Å². The Morgan fingerprint density at radius 1 is 0.630 bits per heavy atom. The predicted octanol–water partition coefficient (Wildman–Crippen LogP) is 3.18. The second kappa shape index (κ2) is 12.2. The van der Waals surface area contributed by atoms with Gasteiger partial charge in [0.15, 0.2) is 0 Å². The van der Waals surface area contributed by atoms with E-state index < -0.39 is 36.8 Å². The molecule has 0 spiro atoms. The van der Waals surface area contributed by atoms with E-state index in [0.717, 1.165) is 23.2 Å². The summed E-state index contributed by atoms with van der Waals surface area (Å²) in [5.74, 6) is 0. The molecule has 0 radical (unpaired) electrons. The fourth-order valence-corrected chi connectivity index (χ4v) is 11.0. The van der Waals surface area contributed by atoms with Gasteiger partial charge in [-0.3, -0.25) is 0 Å². The molecule has 2 aliphatic rings. The van der Waals surface area contributed by atoms with E-state index in [1.54, 1.807) is 42.7 Å². The van der Waals surface area contributed by atoms with Crippen LogP contribution in [0.1, 0.15) is 12.8 Å². The molecule has 0 saturated carbocycles. The average molecular weight is 491 g/mol. The van der Waals surface area contributed by atoms with Crippen molar-refractivity contribution in [1.29, 1.82) is 0 Å². The molecule has 2 rings (SSSR count). The van der Waals surface area contributed by atoms with Crippen LogP contribution < -0.4 is 0 Å². The Bertz CT molecular complexity index is 548. The summed E-state index contributed by atoms with van der Waals surface area (Å²) in [6, 6.07) is 0. The molecule has 0 heterocycles. The number of halogens is 2. The molecule has 0 aromatic carbocycles. The van der Waals surface area contributed by atoms with Crippen molar-refractivity contribution in [2.24, 2.45) is 0 Å². The van der Waals surface area contributed by atoms with E-state index >= 15 is 0 Å². The fourth-order valence-electron chi connectivity index (χ4n) is 3.16. The van der Waals surface area contributed by atoms with Crippen LogP contribution in [0.2, 0.25) is 0 Å². The third kappa shape index (κ3) is 5.33. The first-order valence-electron chi connectivity index (χ1n) is 7.94. The van der Waals surface area contributed by atoms with Crippen molar-refractivity contribution in [3.8, 4) is 0 Å². The van der Waals surface area contributed by atoms with Gasteiger partial charge in [-0.15, -0.1) is 24.8 Å². The van der Waals surface area contributed by atoms with Gasteiger partial charge >= 0.3 is 161 Å². The van der Waals surface area contributed by atoms with Gasteiger partial charge in [-0.25, -0.2) is 0 Å². The Balaban J connectivity index is 0.00000338. The van der Waals surface area contributed by atoms with E-state index in [2.05, 4.69) is 24.3 Å². The van der Waals surface area contributed by atoms with E-state index in [1.165, 1.54) is 7.76 Å². The quantitative estimate of drug-likeness (QED) is 0.438. The van der Waals surface area contributed by atoms with Crippen LogP contribution in [-0.2, 0) is 45.7 Å². The second-order valence-corrected chi connectivity index (χ2v) is 13.5. The van der Waals surface area contributed by atoms with Crippen LogP contribution in [0, 0.1) is 0 Å². The summed E-state index contributed by atoms with van der Waals surface area (Å²) in [6.07, 6.45) is 10.3. The zero-order valence-corrected chi connectivity index (χ0v) is 21.7. The summed E-state index contributed by atoms with van der Waals surface area (Å²) in [5.41, 5.74) is 0. The molecule has 0 aromatic heterocycles. The van der Waals surface area contributed by atoms with E-state index in [-0.39, 0.29) is 24.8 Å². The molecule has 0 atom stereocenters. The van der Waals surface area contributed by atoms with E-state index in [1.807, 2.05) is 0 Å². The van der Waals surface area contributed by atoms with Gasteiger partial charge < -0.3 is 0 Å². The molecule has 6 nitrogen and oxygen atoms in total. The molecule has 0 amide bonds. The molecule has 27 heavy (non-hydrogen) atoms. The van der Waals surface area contributed by atoms with Gasteiger partial charge in [-0.05, 0) is 0 Å². The van der Waals surface area contributed by atoms with E-state index in [9.17, 15) is 0 Å². The minimum atomic E-state index is -2.81. The molecule has 0 unspecified atom stereocenters. The Morgan fingerprint density at radius 2 is 0.926 bits per heavy atom. The number of allylic oxidation sites excluding steroid dienone is 8. The van der Waals surface area contributed by atoms with Crippen molar-refractivity contribution in [2.75, 3.05) is 42.7 Å². The molecule has 0 aromatic rings. The molecule has 2 aliphatic carbocycles. The first-order chi connectivity index (χ1) is 12.1. The zero-order chi connectivity index (χ0) is 18.5. The van der Waals surface area contributed by atoms with Gasteiger partial charge in [0.25, 0.3) is 0 Å². The number of rotatable bonds is 10. The Hall–Kier alpha value is 0.448. The van der Waals surface area contributed by atoms with Crippen molar-refractivity contribution >= 4 is 42.4 Å². The molecule has 11 heteroatoms. The van der Waals surface area contributed by atoms with Crippen LogP contribution in [-0.4, -0.2) is 60.3 Å². The van der Waals surface area contributed by atoms with Gasteiger partial charge in [-0.1, -0.05) is 0 Å². The molecule has 0 saturated heterocycles. The summed E-state index contributed by atoms with van der Waals surface area (Å²) >= 11 is -0.571. The predicted molar refractivity (Wildman–Crippen MR) is 110 cm³/mol. The van der Waals surface area contributed by atoms with Crippen molar-refractivity contribution in [3.63, 3.8) is 0 Å². The van der Waals surface area contributed by atoms with E-state index in [0.29, 0.717) is 0 Å². The van der Waals surface area contributed by atoms with Gasteiger partial charge in [-0.2, -0.15) is 0 Å². The molecule has 0 bridgehead atoms. The normalized spacial score (nSPS) is 16.7. The first-order valence-corrected chi connectivity index (χ1v) is 13.0. The molecular weight excluding hydrogens is 463 g/mol. The molecule has 0 aliphatic heterocycles. The van der Waals surface area contributed by atoms with Crippen LogP contribution in [0.4, 0.5) is 0 Å². The fraction of sp³-hybridized carbons (Fsp3) is 0.500. The van der Waals surface area contributed by atoms with Crippen LogP contribution in [0.25, 0.3) is 0 Å². The second-order valence-electron chi connectivity index (χ2n) is 5.46. The van der Waals surface area contributed by atoms with E-state index in [4.69, 9.17) is 26.6 Å². The van der Waals surface area contributed by atoms with Gasteiger partial charge in [0, 0.05) is 0 Å². The standard InChI is InChI=1S/2C8H13O3Si.2ClH.Ti/c2*1-9-12(10-2,11-3)8-6-4-5-7-8;;;/h2*4,6H,5H2,1-3H3;2*1H;. The van der Waals surface area contributed by atoms with Crippen LogP contribution in [0.15, 0.2) is 42.5 Å². The Kier molecular flexibility index (Phi) is 12.4. The van der Waals surface area contributed by atoms with Crippen LogP contribution in [0.5, 0.6) is 0 Å². The smallest absolute Gasteiger partial charge is 0.147 e. The van der Waals surface area contributed by atoms with Gasteiger partial charge in [0.05, 0.1) is 0 Å². The molecule has 0 fully saturated rings. The van der Waals surface area contributed by atoms with Crippen molar-refractivity contribution in [1.82, 2.24) is 0 Å². The largest absolute Gasteiger partial charge is 0.147 e. The monoisotopic (exact) mass is 490 g/mol. The maximum atomic E-state index is 5.68. The maximum absolute atomic E-state index is 5.68. The third-order valence-corrected chi connectivity index (χ3v) is 13.1. The summed E-state index contributed by atoms with van der Waals surface area (Å²) in [5, 5.41) is 2.19. The van der Waals surface area contributed by atoms with Crippen LogP contribution >= 0.6 is 24.8 Å². The zero-order valence-electron chi connectivity index (χ0n) is 16.5. The minimum Gasteiger partial charge on any atom is -0.147 e. The molecular formula is C16H28Cl2O6Si2Ti. The Labute approximate surface area is 185 Å². The van der Waals surface area contributed by atoms with Crippen molar-refractivity contribution < 1.29 is 45.7 Å². The number of hydrogen-bond acceptors (Lipinski definition) is 6. The average Bonchev–Trinajstić information content (AvgIpc) is 3.31. The molecule has 0 N–H and O–H groups in total. The summed E-state index contributed by atoms with van der Waals surface area (Å²) < 4.78 is 36.8. The third-order valence-electron chi connectivity index (χ3n) is 4.44. The molecule has 154 valence electrons. The minimum absolute atomic E-state index is 0. The SMILES string of the molecule is CO[Si](OC)(OC)C1=[C]([Ti][C]2=C([Si](OC)(OC)OC)C=CC2)CC=C1.Cl.Cl. The van der Waals surface area contributed by atoms with Crippen LogP contribution in [0.3, 0.4) is 0 Å². The Morgan fingerprint density at radius 3 is 1.19 bits per heavy atom. The number of hydrogen-bond donors (Lipinski definition) is 0. The first kappa shape index (κ1) is 27.4.